The van der Waals surface area contributed by atoms with E-state index in [1.807, 2.05) is 14.1 Å². The Bertz CT molecular complexity index is 625. The van der Waals surface area contributed by atoms with E-state index in [4.69, 9.17) is 4.42 Å². The lowest BCUT2D eigenvalue weighted by atomic mass is 10.2. The highest BCUT2D eigenvalue weighted by molar-refractivity contribution is 5.75. The molecule has 1 heterocycles. The summed E-state index contributed by atoms with van der Waals surface area (Å²) in [5.41, 5.74) is 0.651. The molecular formula is C16H21FN4O2. The van der Waals surface area contributed by atoms with Crippen molar-refractivity contribution in [1.82, 2.24) is 20.4 Å². The second-order valence-electron chi connectivity index (χ2n) is 5.51. The van der Waals surface area contributed by atoms with Crippen LogP contribution >= 0.6 is 0 Å². The van der Waals surface area contributed by atoms with Crippen LogP contribution in [0.4, 0.5) is 4.39 Å². The molecule has 1 aromatic carbocycles. The summed E-state index contributed by atoms with van der Waals surface area (Å²) in [4.78, 5) is 13.8. The van der Waals surface area contributed by atoms with Gasteiger partial charge in [-0.2, -0.15) is 0 Å². The minimum absolute atomic E-state index is 0.0368. The summed E-state index contributed by atoms with van der Waals surface area (Å²) in [7, 11) is 3.99. The molecule has 7 heteroatoms. The molecule has 0 unspecified atom stereocenters. The smallest absolute Gasteiger partial charge is 0.247 e. The molecule has 1 aromatic heterocycles. The van der Waals surface area contributed by atoms with Crippen LogP contribution in [-0.2, 0) is 11.2 Å². The van der Waals surface area contributed by atoms with Gasteiger partial charge >= 0.3 is 0 Å². The number of aromatic nitrogens is 2. The van der Waals surface area contributed by atoms with Gasteiger partial charge in [0.25, 0.3) is 0 Å². The van der Waals surface area contributed by atoms with E-state index in [1.54, 1.807) is 12.1 Å². The van der Waals surface area contributed by atoms with Crippen molar-refractivity contribution in [2.75, 3.05) is 27.2 Å². The van der Waals surface area contributed by atoms with E-state index in [0.29, 0.717) is 36.7 Å². The Morgan fingerprint density at radius 1 is 1.26 bits per heavy atom. The van der Waals surface area contributed by atoms with E-state index < -0.39 is 0 Å². The number of carbonyl (C=O) groups is 1. The Hall–Kier alpha value is -2.28. The first-order chi connectivity index (χ1) is 11.0. The molecule has 2 rings (SSSR count). The molecule has 0 spiro atoms. The summed E-state index contributed by atoms with van der Waals surface area (Å²) in [6, 6.07) is 5.81. The van der Waals surface area contributed by atoms with Crippen LogP contribution in [0.5, 0.6) is 0 Å². The molecule has 0 bridgehead atoms. The van der Waals surface area contributed by atoms with Crippen molar-refractivity contribution < 1.29 is 13.6 Å². The topological polar surface area (TPSA) is 71.3 Å². The number of aryl methyl sites for hydroxylation is 1. The number of carbonyl (C=O) groups excluding carboxylic acids is 1. The minimum Gasteiger partial charge on any atom is -0.421 e. The molecule has 0 radical (unpaired) electrons. The molecule has 0 atom stereocenters. The van der Waals surface area contributed by atoms with Gasteiger partial charge in [0.15, 0.2) is 0 Å². The molecule has 2 aromatic rings. The van der Waals surface area contributed by atoms with Crippen LogP contribution in [0, 0.1) is 5.82 Å². The maximum atomic E-state index is 12.9. The highest BCUT2D eigenvalue weighted by Gasteiger charge is 2.10. The van der Waals surface area contributed by atoms with Crippen LogP contribution in [0.2, 0.25) is 0 Å². The number of nitrogens with zero attached hydrogens (tertiary/aromatic N) is 3. The first kappa shape index (κ1) is 17.1. The number of nitrogens with one attached hydrogen (secondary N) is 1. The summed E-state index contributed by atoms with van der Waals surface area (Å²) in [6.07, 6.45) is 1.59. The van der Waals surface area contributed by atoms with Gasteiger partial charge in [-0.1, -0.05) is 0 Å². The Kier molecular flexibility index (Phi) is 6.22. The molecule has 124 valence electrons. The molecule has 0 aliphatic rings. The summed E-state index contributed by atoms with van der Waals surface area (Å²) in [6.45, 7) is 1.59. The van der Waals surface area contributed by atoms with Gasteiger partial charge in [-0.25, -0.2) is 4.39 Å². The summed E-state index contributed by atoms with van der Waals surface area (Å²) in [5, 5.41) is 10.7. The normalized spacial score (nSPS) is 11.0. The maximum Gasteiger partial charge on any atom is 0.247 e. The molecule has 0 saturated heterocycles. The summed E-state index contributed by atoms with van der Waals surface area (Å²) in [5.74, 6) is 0.365. The van der Waals surface area contributed by atoms with E-state index in [2.05, 4.69) is 20.4 Å². The van der Waals surface area contributed by atoms with Crippen LogP contribution < -0.4 is 5.32 Å². The van der Waals surface area contributed by atoms with Crippen molar-refractivity contribution >= 4 is 5.91 Å². The molecule has 0 aliphatic heterocycles. The van der Waals surface area contributed by atoms with Crippen LogP contribution in [0.15, 0.2) is 28.7 Å². The predicted molar refractivity (Wildman–Crippen MR) is 84.2 cm³/mol. The first-order valence-corrected chi connectivity index (χ1v) is 7.54. The zero-order chi connectivity index (χ0) is 16.7. The lowest BCUT2D eigenvalue weighted by molar-refractivity contribution is -0.121. The lowest BCUT2D eigenvalue weighted by Gasteiger charge is -2.09. The quantitative estimate of drug-likeness (QED) is 0.752. The predicted octanol–water partition coefficient (Wildman–Crippen LogP) is 1.88. The Morgan fingerprint density at radius 2 is 2.00 bits per heavy atom. The third-order valence-electron chi connectivity index (χ3n) is 3.23. The van der Waals surface area contributed by atoms with Crippen LogP contribution in [0.25, 0.3) is 11.5 Å². The number of hydrogen-bond donors (Lipinski definition) is 1. The maximum absolute atomic E-state index is 12.9. The highest BCUT2D eigenvalue weighted by Crippen LogP contribution is 2.18. The zero-order valence-corrected chi connectivity index (χ0v) is 13.4. The van der Waals surface area contributed by atoms with E-state index in [-0.39, 0.29) is 11.7 Å². The van der Waals surface area contributed by atoms with Crippen molar-refractivity contribution in [3.8, 4) is 11.5 Å². The van der Waals surface area contributed by atoms with Crippen molar-refractivity contribution in [3.05, 3.63) is 36.0 Å². The minimum atomic E-state index is -0.320. The van der Waals surface area contributed by atoms with E-state index in [1.165, 1.54) is 12.1 Å². The van der Waals surface area contributed by atoms with Crippen LogP contribution in [-0.4, -0.2) is 48.2 Å². The second kappa shape index (κ2) is 8.38. The number of halogens is 1. The van der Waals surface area contributed by atoms with Crippen LogP contribution in [0.1, 0.15) is 18.7 Å². The van der Waals surface area contributed by atoms with Gasteiger partial charge in [-0.05, 0) is 51.3 Å². The van der Waals surface area contributed by atoms with Gasteiger partial charge in [-0.3, -0.25) is 4.79 Å². The third kappa shape index (κ3) is 5.78. The Labute approximate surface area is 134 Å². The number of benzene rings is 1. The van der Waals surface area contributed by atoms with Crippen molar-refractivity contribution in [3.63, 3.8) is 0 Å². The molecular weight excluding hydrogens is 299 g/mol. The van der Waals surface area contributed by atoms with Crippen molar-refractivity contribution in [2.24, 2.45) is 0 Å². The molecule has 0 saturated carbocycles. The van der Waals surface area contributed by atoms with Gasteiger partial charge in [0.1, 0.15) is 5.82 Å². The van der Waals surface area contributed by atoms with Gasteiger partial charge in [-0.15, -0.1) is 10.2 Å². The average molecular weight is 320 g/mol. The Balaban J connectivity index is 1.76. The van der Waals surface area contributed by atoms with Crippen molar-refractivity contribution in [1.29, 1.82) is 0 Å². The monoisotopic (exact) mass is 320 g/mol. The second-order valence-corrected chi connectivity index (χ2v) is 5.51. The molecule has 0 fully saturated rings. The molecule has 23 heavy (non-hydrogen) atoms. The largest absolute Gasteiger partial charge is 0.421 e. The van der Waals surface area contributed by atoms with Crippen LogP contribution in [0.3, 0.4) is 0 Å². The molecule has 6 nitrogen and oxygen atoms in total. The standard InChI is InChI=1S/C16H21FN4O2/c1-21(2)11-3-10-18-14(22)8-9-15-19-20-16(23-15)12-4-6-13(17)7-5-12/h4-7H,3,8-11H2,1-2H3,(H,18,22). The lowest BCUT2D eigenvalue weighted by Crippen LogP contribution is -2.27. The van der Waals surface area contributed by atoms with E-state index in [0.717, 1.165) is 13.0 Å². The van der Waals surface area contributed by atoms with Gasteiger partial charge in [0, 0.05) is 24.9 Å². The fourth-order valence-electron chi connectivity index (χ4n) is 2.00. The highest BCUT2D eigenvalue weighted by atomic mass is 19.1. The van der Waals surface area contributed by atoms with Gasteiger partial charge in [0.05, 0.1) is 0 Å². The van der Waals surface area contributed by atoms with E-state index in [9.17, 15) is 9.18 Å². The van der Waals surface area contributed by atoms with Crippen molar-refractivity contribution in [2.45, 2.75) is 19.3 Å². The third-order valence-corrected chi connectivity index (χ3v) is 3.23. The number of rotatable bonds is 8. The number of amides is 1. The fourth-order valence-corrected chi connectivity index (χ4v) is 2.00. The summed E-state index contributed by atoms with van der Waals surface area (Å²) < 4.78 is 18.4. The number of hydrogen-bond acceptors (Lipinski definition) is 5. The van der Waals surface area contributed by atoms with Gasteiger partial charge in [0.2, 0.25) is 17.7 Å². The Morgan fingerprint density at radius 3 is 2.70 bits per heavy atom. The fraction of sp³-hybridized carbons (Fsp3) is 0.438. The SMILES string of the molecule is CN(C)CCCNC(=O)CCc1nnc(-c2ccc(F)cc2)o1. The average Bonchev–Trinajstić information content (AvgIpc) is 2.99. The summed E-state index contributed by atoms with van der Waals surface area (Å²) >= 11 is 0. The zero-order valence-electron chi connectivity index (χ0n) is 13.4. The van der Waals surface area contributed by atoms with E-state index >= 15 is 0 Å². The molecule has 1 amide bonds. The molecule has 1 N–H and O–H groups in total. The van der Waals surface area contributed by atoms with Gasteiger partial charge < -0.3 is 14.6 Å². The first-order valence-electron chi connectivity index (χ1n) is 7.54. The molecule has 0 aliphatic carbocycles.